The van der Waals surface area contributed by atoms with Crippen molar-refractivity contribution in [1.82, 2.24) is 0 Å². The van der Waals surface area contributed by atoms with Gasteiger partial charge in [0.25, 0.3) is 0 Å². The minimum atomic E-state index is -0.785. The molecule has 0 bridgehead atoms. The lowest BCUT2D eigenvalue weighted by Gasteiger charge is -2.14. The van der Waals surface area contributed by atoms with Crippen LogP contribution in [0.25, 0.3) is 0 Å². The van der Waals surface area contributed by atoms with E-state index in [0.29, 0.717) is 23.1 Å². The van der Waals surface area contributed by atoms with Crippen molar-refractivity contribution in [3.05, 3.63) is 107 Å². The van der Waals surface area contributed by atoms with Gasteiger partial charge in [-0.05, 0) is 30.5 Å². The van der Waals surface area contributed by atoms with E-state index in [-0.39, 0.29) is 31.4 Å². The summed E-state index contributed by atoms with van der Waals surface area (Å²) in [6, 6.07) is 24.5. The molecule has 6 nitrogen and oxygen atoms in total. The van der Waals surface area contributed by atoms with Crippen LogP contribution in [0.15, 0.2) is 84.9 Å². The molecular formula is C27H28ClNO5. The van der Waals surface area contributed by atoms with E-state index in [0.717, 1.165) is 5.56 Å². The molecule has 34 heavy (non-hydrogen) atoms. The quantitative estimate of drug-likeness (QED) is 0.266. The van der Waals surface area contributed by atoms with Crippen molar-refractivity contribution < 1.29 is 23.9 Å². The zero-order chi connectivity index (χ0) is 23.6. The van der Waals surface area contributed by atoms with Crippen molar-refractivity contribution in [2.24, 2.45) is 5.73 Å². The molecule has 0 aliphatic heterocycles. The van der Waals surface area contributed by atoms with Gasteiger partial charge < -0.3 is 15.2 Å². The second-order valence-electron chi connectivity index (χ2n) is 7.67. The van der Waals surface area contributed by atoms with Gasteiger partial charge in [0.15, 0.2) is 5.78 Å². The molecule has 0 heterocycles. The number of carbonyl (C=O) groups is 3. The highest BCUT2D eigenvalue weighted by Crippen LogP contribution is 2.20. The molecule has 0 aliphatic carbocycles. The van der Waals surface area contributed by atoms with E-state index in [9.17, 15) is 14.4 Å². The molecule has 2 N–H and O–H groups in total. The van der Waals surface area contributed by atoms with E-state index in [1.54, 1.807) is 55.5 Å². The zero-order valence-electron chi connectivity index (χ0n) is 18.9. The third-order valence-electron chi connectivity index (χ3n) is 5.21. The fourth-order valence-electron chi connectivity index (χ4n) is 3.31. The first-order valence-electron chi connectivity index (χ1n) is 10.8. The average Bonchev–Trinajstić information content (AvgIpc) is 2.86. The first-order valence-corrected chi connectivity index (χ1v) is 10.8. The summed E-state index contributed by atoms with van der Waals surface area (Å²) in [4.78, 5) is 37.1. The van der Waals surface area contributed by atoms with E-state index in [1.165, 1.54) is 0 Å². The van der Waals surface area contributed by atoms with Gasteiger partial charge >= 0.3 is 11.9 Å². The minimum absolute atomic E-state index is 0. The summed E-state index contributed by atoms with van der Waals surface area (Å²) in [5.41, 5.74) is 8.58. The highest BCUT2D eigenvalue weighted by Gasteiger charge is 2.20. The number of esters is 2. The van der Waals surface area contributed by atoms with Crippen molar-refractivity contribution in [3.8, 4) is 0 Å². The molecule has 178 valence electrons. The Morgan fingerprint density at radius 1 is 0.765 bits per heavy atom. The Hall–Kier alpha value is -3.48. The molecule has 7 heteroatoms. The van der Waals surface area contributed by atoms with Crippen LogP contribution in [0, 0.1) is 0 Å². The number of hydrogen-bond acceptors (Lipinski definition) is 6. The fraction of sp³-hybridized carbons (Fsp3) is 0.222. The van der Waals surface area contributed by atoms with Crippen LogP contribution in [0.5, 0.6) is 0 Å². The molecule has 1 unspecified atom stereocenters. The molecule has 0 saturated heterocycles. The van der Waals surface area contributed by atoms with Gasteiger partial charge in [-0.15, -0.1) is 12.4 Å². The van der Waals surface area contributed by atoms with E-state index >= 15 is 0 Å². The molecule has 0 fully saturated rings. The lowest BCUT2D eigenvalue weighted by Crippen LogP contribution is -2.35. The standard InChI is InChI=1S/C27H27NO5.ClH/c1-19(22-13-8-14-23(18-22)25(29)21-11-6-3-7-12-21)26(30)32-15-16-33-27(31)24(28)17-20-9-4-2-5-10-20;/h2-14,18-19,24H,15-17,28H2,1H3;1H/t19?,24-;/m0./s1. The van der Waals surface area contributed by atoms with E-state index in [4.69, 9.17) is 15.2 Å². The molecule has 2 atom stereocenters. The summed E-state index contributed by atoms with van der Waals surface area (Å²) in [5.74, 6) is -1.71. The first kappa shape index (κ1) is 26.8. The Kier molecular flexibility index (Phi) is 10.5. The number of hydrogen-bond donors (Lipinski definition) is 1. The summed E-state index contributed by atoms with van der Waals surface area (Å²) in [5, 5.41) is 0. The third-order valence-corrected chi connectivity index (χ3v) is 5.21. The predicted octanol–water partition coefficient (Wildman–Crippen LogP) is 4.10. The van der Waals surface area contributed by atoms with Crippen molar-refractivity contribution in [2.45, 2.75) is 25.3 Å². The Labute approximate surface area is 205 Å². The van der Waals surface area contributed by atoms with Crippen LogP contribution in [0.3, 0.4) is 0 Å². The molecule has 3 rings (SSSR count). The second kappa shape index (κ2) is 13.3. The summed E-state index contributed by atoms with van der Waals surface area (Å²) in [7, 11) is 0. The predicted molar refractivity (Wildman–Crippen MR) is 132 cm³/mol. The van der Waals surface area contributed by atoms with Crippen LogP contribution in [0.1, 0.15) is 39.9 Å². The van der Waals surface area contributed by atoms with Gasteiger partial charge in [0.1, 0.15) is 19.3 Å². The summed E-state index contributed by atoms with van der Waals surface area (Å²) < 4.78 is 10.4. The maximum Gasteiger partial charge on any atom is 0.323 e. The topological polar surface area (TPSA) is 95.7 Å². The normalized spacial score (nSPS) is 12.1. The highest BCUT2D eigenvalue weighted by atomic mass is 35.5. The Balaban J connectivity index is 0.00000408. The highest BCUT2D eigenvalue weighted by molar-refractivity contribution is 6.09. The molecule has 3 aromatic rings. The maximum atomic E-state index is 12.7. The number of nitrogens with two attached hydrogens (primary N) is 1. The lowest BCUT2D eigenvalue weighted by atomic mass is 9.96. The molecule has 0 saturated carbocycles. The summed E-state index contributed by atoms with van der Waals surface area (Å²) in [6.07, 6.45) is 0.370. The molecule has 0 aromatic heterocycles. The van der Waals surface area contributed by atoms with Crippen LogP contribution < -0.4 is 5.73 Å². The SMILES string of the molecule is CC(C(=O)OCCOC(=O)[C@@H](N)Cc1ccccc1)c1cccc(C(=O)c2ccccc2)c1.Cl. The van der Waals surface area contributed by atoms with Crippen molar-refractivity contribution >= 4 is 30.1 Å². The number of rotatable bonds is 10. The monoisotopic (exact) mass is 481 g/mol. The summed E-state index contributed by atoms with van der Waals surface area (Å²) >= 11 is 0. The van der Waals surface area contributed by atoms with Gasteiger partial charge in [-0.25, -0.2) is 0 Å². The lowest BCUT2D eigenvalue weighted by molar-refractivity contribution is -0.153. The Morgan fingerprint density at radius 2 is 1.32 bits per heavy atom. The molecular weight excluding hydrogens is 454 g/mol. The molecule has 3 aromatic carbocycles. The number of carbonyl (C=O) groups excluding carboxylic acids is 3. The van der Waals surface area contributed by atoms with Crippen LogP contribution in [0.2, 0.25) is 0 Å². The van der Waals surface area contributed by atoms with Gasteiger partial charge in [-0.2, -0.15) is 0 Å². The van der Waals surface area contributed by atoms with Gasteiger partial charge in [0.05, 0.1) is 5.92 Å². The Bertz CT molecular complexity index is 1090. The van der Waals surface area contributed by atoms with E-state index in [2.05, 4.69) is 0 Å². The molecule has 0 aliphatic rings. The smallest absolute Gasteiger partial charge is 0.323 e. The van der Waals surface area contributed by atoms with Gasteiger partial charge in [-0.1, -0.05) is 78.9 Å². The van der Waals surface area contributed by atoms with E-state index < -0.39 is 23.9 Å². The first-order chi connectivity index (χ1) is 16.0. The van der Waals surface area contributed by atoms with Crippen LogP contribution >= 0.6 is 12.4 Å². The minimum Gasteiger partial charge on any atom is -0.462 e. The Morgan fingerprint density at radius 3 is 1.97 bits per heavy atom. The van der Waals surface area contributed by atoms with Crippen molar-refractivity contribution in [3.63, 3.8) is 0 Å². The number of ether oxygens (including phenoxy) is 2. The van der Waals surface area contributed by atoms with Gasteiger partial charge in [0.2, 0.25) is 0 Å². The number of halogens is 1. The van der Waals surface area contributed by atoms with Crippen LogP contribution in [-0.2, 0) is 25.5 Å². The van der Waals surface area contributed by atoms with Crippen molar-refractivity contribution in [1.29, 1.82) is 0 Å². The van der Waals surface area contributed by atoms with E-state index in [1.807, 2.05) is 36.4 Å². The van der Waals surface area contributed by atoms with Crippen molar-refractivity contribution in [2.75, 3.05) is 13.2 Å². The number of ketones is 1. The van der Waals surface area contributed by atoms with Gasteiger partial charge in [-0.3, -0.25) is 14.4 Å². The van der Waals surface area contributed by atoms with Crippen LogP contribution in [-0.4, -0.2) is 37.0 Å². The molecule has 0 radical (unpaired) electrons. The maximum absolute atomic E-state index is 12.7. The van der Waals surface area contributed by atoms with Gasteiger partial charge in [0, 0.05) is 11.1 Å². The largest absolute Gasteiger partial charge is 0.462 e. The fourth-order valence-corrected chi connectivity index (χ4v) is 3.31. The second-order valence-corrected chi connectivity index (χ2v) is 7.67. The molecule has 0 spiro atoms. The van der Waals surface area contributed by atoms with Crippen LogP contribution in [0.4, 0.5) is 0 Å². The number of benzene rings is 3. The third kappa shape index (κ3) is 7.54. The zero-order valence-corrected chi connectivity index (χ0v) is 19.7. The average molecular weight is 482 g/mol. The summed E-state index contributed by atoms with van der Waals surface area (Å²) in [6.45, 7) is 1.55. The molecule has 0 amide bonds.